The molecule has 0 aromatic heterocycles. The Morgan fingerprint density at radius 1 is 1.17 bits per heavy atom. The number of hydrogen-bond donors (Lipinski definition) is 0. The van der Waals surface area contributed by atoms with E-state index in [0.29, 0.717) is 25.3 Å². The lowest BCUT2D eigenvalue weighted by Crippen LogP contribution is -2.58. The van der Waals surface area contributed by atoms with E-state index in [1.54, 1.807) is 11.4 Å². The van der Waals surface area contributed by atoms with E-state index in [1.807, 2.05) is 13.8 Å². The highest BCUT2D eigenvalue weighted by atomic mass is 32.2. The average Bonchev–Trinajstić information content (AvgIpc) is 2.48. The first-order valence-corrected chi connectivity index (χ1v) is 9.41. The minimum absolute atomic E-state index is 0.0925. The van der Waals surface area contributed by atoms with Gasteiger partial charge in [0.15, 0.2) is 0 Å². The van der Waals surface area contributed by atoms with E-state index in [4.69, 9.17) is 4.74 Å². The Bertz CT molecular complexity index is 594. The molecule has 2 atom stereocenters. The van der Waals surface area contributed by atoms with Crippen molar-refractivity contribution in [2.45, 2.75) is 31.7 Å². The minimum Gasteiger partial charge on any atom is -0.383 e. The van der Waals surface area contributed by atoms with E-state index in [1.165, 1.54) is 24.3 Å². The molecule has 0 amide bonds. The van der Waals surface area contributed by atoms with Gasteiger partial charge in [0, 0.05) is 38.8 Å². The Kier molecular flexibility index (Phi) is 6.13. The highest BCUT2D eigenvalue weighted by Gasteiger charge is 2.34. The zero-order chi connectivity index (χ0) is 17.0. The monoisotopic (exact) mass is 344 g/mol. The van der Waals surface area contributed by atoms with Crippen molar-refractivity contribution in [2.75, 3.05) is 33.4 Å². The molecule has 0 spiro atoms. The van der Waals surface area contributed by atoms with Crippen LogP contribution >= 0.6 is 0 Å². The Morgan fingerprint density at radius 2 is 1.74 bits per heavy atom. The summed E-state index contributed by atoms with van der Waals surface area (Å²) in [5.74, 6) is -0.453. The Balaban J connectivity index is 2.05. The molecular formula is C16H25FN2O3S. The third kappa shape index (κ3) is 4.73. The lowest BCUT2D eigenvalue weighted by molar-refractivity contribution is 0.0495. The van der Waals surface area contributed by atoms with Gasteiger partial charge in [-0.05, 0) is 31.5 Å². The van der Waals surface area contributed by atoms with Gasteiger partial charge in [0.2, 0.25) is 10.0 Å². The number of rotatable bonds is 6. The molecular weight excluding hydrogens is 319 g/mol. The molecule has 1 fully saturated rings. The van der Waals surface area contributed by atoms with Gasteiger partial charge in [-0.2, -0.15) is 4.31 Å². The second kappa shape index (κ2) is 7.70. The highest BCUT2D eigenvalue weighted by molar-refractivity contribution is 7.88. The number of ether oxygens (including phenoxy) is 1. The lowest BCUT2D eigenvalue weighted by Gasteiger charge is -2.43. The summed E-state index contributed by atoms with van der Waals surface area (Å²) in [4.78, 5) is 2.27. The van der Waals surface area contributed by atoms with Crippen LogP contribution in [-0.2, 0) is 20.5 Å². The van der Waals surface area contributed by atoms with Crippen LogP contribution in [0.5, 0.6) is 0 Å². The fourth-order valence-electron chi connectivity index (χ4n) is 3.06. The van der Waals surface area contributed by atoms with Gasteiger partial charge in [0.1, 0.15) is 5.82 Å². The largest absolute Gasteiger partial charge is 0.383 e. The Labute approximate surface area is 138 Å². The quantitative estimate of drug-likeness (QED) is 0.788. The number of sulfonamides is 1. The lowest BCUT2D eigenvalue weighted by atomic mass is 10.1. The smallest absolute Gasteiger partial charge is 0.218 e. The molecule has 1 aliphatic heterocycles. The first kappa shape index (κ1) is 18.3. The molecule has 1 saturated heterocycles. The summed E-state index contributed by atoms with van der Waals surface area (Å²) in [6.45, 7) is 6.44. The van der Waals surface area contributed by atoms with E-state index < -0.39 is 10.0 Å². The van der Waals surface area contributed by atoms with Gasteiger partial charge in [-0.25, -0.2) is 12.8 Å². The van der Waals surface area contributed by atoms with Crippen LogP contribution in [0.2, 0.25) is 0 Å². The molecule has 0 N–H and O–H groups in total. The summed E-state index contributed by atoms with van der Waals surface area (Å²) in [7, 11) is -1.74. The molecule has 5 nitrogen and oxygen atoms in total. The molecule has 0 bridgehead atoms. The average molecular weight is 344 g/mol. The van der Waals surface area contributed by atoms with Crippen LogP contribution in [-0.4, -0.2) is 63.1 Å². The third-order valence-corrected chi connectivity index (χ3v) is 6.06. The van der Waals surface area contributed by atoms with E-state index in [2.05, 4.69) is 4.90 Å². The van der Waals surface area contributed by atoms with Crippen LogP contribution in [0.4, 0.5) is 4.39 Å². The third-order valence-electron chi connectivity index (χ3n) is 4.28. The normalized spacial score (nSPS) is 24.0. The summed E-state index contributed by atoms with van der Waals surface area (Å²) in [5.41, 5.74) is 0.605. The van der Waals surface area contributed by atoms with Crippen LogP contribution < -0.4 is 0 Å². The molecule has 2 rings (SSSR count). The van der Waals surface area contributed by atoms with Gasteiger partial charge < -0.3 is 4.74 Å². The first-order valence-electron chi connectivity index (χ1n) is 7.80. The molecule has 1 heterocycles. The SMILES string of the molecule is COCCN1C(C)CN(S(=O)(=O)Cc2ccc(F)cc2)CC1C. The maximum absolute atomic E-state index is 12.9. The number of hydrogen-bond acceptors (Lipinski definition) is 4. The first-order chi connectivity index (χ1) is 10.8. The van der Waals surface area contributed by atoms with Crippen LogP contribution in [0.25, 0.3) is 0 Å². The van der Waals surface area contributed by atoms with Crippen molar-refractivity contribution in [1.29, 1.82) is 0 Å². The number of benzene rings is 1. The van der Waals surface area contributed by atoms with Gasteiger partial charge in [0.25, 0.3) is 0 Å². The van der Waals surface area contributed by atoms with Gasteiger partial charge in [0.05, 0.1) is 12.4 Å². The van der Waals surface area contributed by atoms with Crippen molar-refractivity contribution in [1.82, 2.24) is 9.21 Å². The summed E-state index contributed by atoms with van der Waals surface area (Å²) in [5, 5.41) is 0. The number of methoxy groups -OCH3 is 1. The summed E-state index contributed by atoms with van der Waals surface area (Å²) >= 11 is 0. The zero-order valence-corrected chi connectivity index (χ0v) is 14.7. The van der Waals surface area contributed by atoms with E-state index >= 15 is 0 Å². The molecule has 1 aliphatic rings. The predicted octanol–water partition coefficient (Wildman–Crippen LogP) is 1.70. The molecule has 1 aromatic rings. The molecule has 0 radical (unpaired) electrons. The molecule has 7 heteroatoms. The van der Waals surface area contributed by atoms with Crippen molar-refractivity contribution in [2.24, 2.45) is 0 Å². The number of nitrogens with zero attached hydrogens (tertiary/aromatic N) is 2. The molecule has 1 aromatic carbocycles. The summed E-state index contributed by atoms with van der Waals surface area (Å²) in [6.07, 6.45) is 0. The fourth-order valence-corrected chi connectivity index (χ4v) is 4.74. The fraction of sp³-hybridized carbons (Fsp3) is 0.625. The summed E-state index contributed by atoms with van der Waals surface area (Å²) in [6, 6.07) is 5.90. The Morgan fingerprint density at radius 3 is 2.26 bits per heavy atom. The van der Waals surface area contributed by atoms with Crippen molar-refractivity contribution in [3.63, 3.8) is 0 Å². The van der Waals surface area contributed by atoms with Gasteiger partial charge in [-0.1, -0.05) is 12.1 Å². The van der Waals surface area contributed by atoms with E-state index in [-0.39, 0.29) is 23.7 Å². The van der Waals surface area contributed by atoms with Crippen molar-refractivity contribution in [3.05, 3.63) is 35.6 Å². The molecule has 23 heavy (non-hydrogen) atoms. The maximum Gasteiger partial charge on any atom is 0.218 e. The van der Waals surface area contributed by atoms with E-state index in [0.717, 1.165) is 6.54 Å². The number of piperazine rings is 1. The molecule has 2 unspecified atom stereocenters. The second-order valence-electron chi connectivity index (χ2n) is 6.13. The topological polar surface area (TPSA) is 49.9 Å². The van der Waals surface area contributed by atoms with Crippen LogP contribution in [0.15, 0.2) is 24.3 Å². The predicted molar refractivity (Wildman–Crippen MR) is 88.1 cm³/mol. The highest BCUT2D eigenvalue weighted by Crippen LogP contribution is 2.20. The van der Waals surface area contributed by atoms with Gasteiger partial charge >= 0.3 is 0 Å². The standard InChI is InChI=1S/C16H25FN2O3S/c1-13-10-18(11-14(2)19(13)8-9-22-3)23(20,21)12-15-4-6-16(17)7-5-15/h4-7,13-14H,8-12H2,1-3H3. The van der Waals surface area contributed by atoms with Crippen LogP contribution in [0.1, 0.15) is 19.4 Å². The second-order valence-corrected chi connectivity index (χ2v) is 8.10. The number of halogens is 1. The van der Waals surface area contributed by atoms with Crippen LogP contribution in [0, 0.1) is 5.82 Å². The molecule has 0 saturated carbocycles. The van der Waals surface area contributed by atoms with Crippen LogP contribution in [0.3, 0.4) is 0 Å². The Hall–Kier alpha value is -1.02. The van der Waals surface area contributed by atoms with Gasteiger partial charge in [-0.15, -0.1) is 0 Å². The van der Waals surface area contributed by atoms with Crippen molar-refractivity contribution >= 4 is 10.0 Å². The van der Waals surface area contributed by atoms with Gasteiger partial charge in [-0.3, -0.25) is 4.90 Å². The summed E-state index contributed by atoms with van der Waals surface area (Å²) < 4.78 is 44.9. The van der Waals surface area contributed by atoms with Crippen molar-refractivity contribution < 1.29 is 17.5 Å². The molecule has 130 valence electrons. The molecule has 0 aliphatic carbocycles. The van der Waals surface area contributed by atoms with Crippen molar-refractivity contribution in [3.8, 4) is 0 Å². The maximum atomic E-state index is 12.9. The van der Waals surface area contributed by atoms with E-state index in [9.17, 15) is 12.8 Å². The zero-order valence-electron chi connectivity index (χ0n) is 13.9. The minimum atomic E-state index is -3.41.